The summed E-state index contributed by atoms with van der Waals surface area (Å²) in [5, 5.41) is 0. The molecule has 3 rings (SSSR count). The molecule has 2 N–H and O–H groups in total. The van der Waals surface area contributed by atoms with Crippen molar-refractivity contribution in [1.82, 2.24) is 4.57 Å². The predicted molar refractivity (Wildman–Crippen MR) is 105 cm³/mol. The summed E-state index contributed by atoms with van der Waals surface area (Å²) in [5.74, 6) is 0. The van der Waals surface area contributed by atoms with E-state index in [0.717, 1.165) is 28.1 Å². The molecular formula is C22H20N4. The lowest BCUT2D eigenvalue weighted by atomic mass is 10.0. The molecule has 3 aromatic rings. The van der Waals surface area contributed by atoms with E-state index in [1.165, 1.54) is 5.56 Å². The van der Waals surface area contributed by atoms with Crippen molar-refractivity contribution >= 4 is 11.4 Å². The van der Waals surface area contributed by atoms with Gasteiger partial charge in [-0.25, -0.2) is 9.69 Å². The molecule has 2 aromatic carbocycles. The van der Waals surface area contributed by atoms with E-state index in [9.17, 15) is 0 Å². The van der Waals surface area contributed by atoms with Gasteiger partial charge in [-0.2, -0.15) is 0 Å². The summed E-state index contributed by atoms with van der Waals surface area (Å²) in [4.78, 5) is 7.23. The van der Waals surface area contributed by atoms with E-state index in [2.05, 4.69) is 26.4 Å². The third kappa shape index (κ3) is 3.11. The topological polar surface area (TPSA) is 39.7 Å². The number of hydrogen-bond acceptors (Lipinski definition) is 1. The van der Waals surface area contributed by atoms with Gasteiger partial charge in [-0.1, -0.05) is 48.5 Å². The smallest absolute Gasteiger partial charge is 0.215 e. The summed E-state index contributed by atoms with van der Waals surface area (Å²) in [6.45, 7) is 20.0. The Morgan fingerprint density at radius 3 is 2.00 bits per heavy atom. The van der Waals surface area contributed by atoms with Crippen LogP contribution in [-0.4, -0.2) is 4.57 Å². The highest BCUT2D eigenvalue weighted by Crippen LogP contribution is 2.39. The molecule has 0 spiro atoms. The summed E-state index contributed by atoms with van der Waals surface area (Å²) >= 11 is 0. The number of aromatic nitrogens is 1. The van der Waals surface area contributed by atoms with Crippen molar-refractivity contribution in [1.29, 1.82) is 0 Å². The van der Waals surface area contributed by atoms with Crippen LogP contribution in [0.3, 0.4) is 0 Å². The van der Waals surface area contributed by atoms with Crippen LogP contribution >= 0.6 is 0 Å². The normalized spacial score (nSPS) is 10.3. The molecule has 0 saturated heterocycles. The average molecular weight is 340 g/mol. The van der Waals surface area contributed by atoms with Crippen molar-refractivity contribution in [2.45, 2.75) is 26.9 Å². The predicted octanol–water partition coefficient (Wildman–Crippen LogP) is 5.38. The maximum Gasteiger partial charge on any atom is 0.215 e. The number of nitrogens with zero attached hydrogens (tertiary/aromatic N) is 3. The minimum absolute atomic E-state index is 0.536. The second kappa shape index (κ2) is 7.27. The van der Waals surface area contributed by atoms with Gasteiger partial charge in [-0.3, -0.25) is 0 Å². The number of rotatable bonds is 4. The summed E-state index contributed by atoms with van der Waals surface area (Å²) in [7, 11) is 0. The van der Waals surface area contributed by atoms with Crippen molar-refractivity contribution in [2.24, 2.45) is 5.73 Å². The van der Waals surface area contributed by atoms with Crippen LogP contribution in [0.15, 0.2) is 48.5 Å². The van der Waals surface area contributed by atoms with E-state index in [1.807, 2.05) is 38.1 Å². The maximum atomic E-state index is 7.65. The van der Waals surface area contributed by atoms with Gasteiger partial charge in [0, 0.05) is 30.0 Å². The minimum Gasteiger partial charge on any atom is -0.355 e. The second-order valence-electron chi connectivity index (χ2n) is 6.27. The number of benzene rings is 2. The average Bonchev–Trinajstić information content (AvgIpc) is 2.92. The lowest BCUT2D eigenvalue weighted by molar-refractivity contribution is 0.751. The van der Waals surface area contributed by atoms with Gasteiger partial charge < -0.3 is 10.3 Å². The molecule has 1 aromatic heterocycles. The summed E-state index contributed by atoms with van der Waals surface area (Å²) in [6, 6.07) is 15.7. The molecule has 1 heterocycles. The molecule has 0 aliphatic heterocycles. The molecule has 128 valence electrons. The zero-order valence-electron chi connectivity index (χ0n) is 15.0. The van der Waals surface area contributed by atoms with Gasteiger partial charge in [0.25, 0.3) is 0 Å². The molecule has 0 amide bonds. The summed E-state index contributed by atoms with van der Waals surface area (Å²) in [6.07, 6.45) is 0. The standard InChI is InChI=1S/C22H20N4/c1-15-21(19-9-11-20(24-3)12-10-19)22(25-4)16(2)26(15)14-18-7-5-17(13-23)6-8-18/h5-12H,13-14,23H2,1-2H3. The maximum absolute atomic E-state index is 7.65. The first-order valence-electron chi connectivity index (χ1n) is 8.42. The number of hydrogen-bond donors (Lipinski definition) is 1. The van der Waals surface area contributed by atoms with Gasteiger partial charge in [0.2, 0.25) is 5.69 Å². The Kier molecular flexibility index (Phi) is 4.89. The fraction of sp³-hybridized carbons (Fsp3) is 0.182. The van der Waals surface area contributed by atoms with E-state index < -0.39 is 0 Å². The van der Waals surface area contributed by atoms with E-state index in [-0.39, 0.29) is 0 Å². The summed E-state index contributed by atoms with van der Waals surface area (Å²) < 4.78 is 2.18. The fourth-order valence-electron chi connectivity index (χ4n) is 3.25. The van der Waals surface area contributed by atoms with Crippen molar-refractivity contribution in [3.8, 4) is 11.1 Å². The molecule has 0 unspecified atom stereocenters. The molecule has 0 radical (unpaired) electrons. The van der Waals surface area contributed by atoms with Gasteiger partial charge in [0.15, 0.2) is 5.69 Å². The third-order valence-corrected chi connectivity index (χ3v) is 4.75. The van der Waals surface area contributed by atoms with Crippen LogP contribution in [0.4, 0.5) is 11.4 Å². The first kappa shape index (κ1) is 17.5. The molecule has 4 heteroatoms. The van der Waals surface area contributed by atoms with E-state index in [0.29, 0.717) is 24.5 Å². The van der Waals surface area contributed by atoms with Gasteiger partial charge in [-0.15, -0.1) is 0 Å². The Morgan fingerprint density at radius 1 is 0.846 bits per heavy atom. The summed E-state index contributed by atoms with van der Waals surface area (Å²) in [5.41, 5.74) is 13.2. The van der Waals surface area contributed by atoms with Crippen molar-refractivity contribution in [3.63, 3.8) is 0 Å². The zero-order chi connectivity index (χ0) is 18.7. The van der Waals surface area contributed by atoms with Gasteiger partial charge >= 0.3 is 0 Å². The van der Waals surface area contributed by atoms with E-state index in [4.69, 9.17) is 18.9 Å². The van der Waals surface area contributed by atoms with Crippen molar-refractivity contribution in [3.05, 3.63) is 93.9 Å². The molecule has 0 aliphatic carbocycles. The Bertz CT molecular complexity index is 1010. The lowest BCUT2D eigenvalue weighted by Crippen LogP contribution is -2.04. The lowest BCUT2D eigenvalue weighted by Gasteiger charge is -2.11. The third-order valence-electron chi connectivity index (χ3n) is 4.75. The van der Waals surface area contributed by atoms with Crippen LogP contribution < -0.4 is 5.73 Å². The Balaban J connectivity index is 2.05. The van der Waals surface area contributed by atoms with E-state index >= 15 is 0 Å². The highest BCUT2D eigenvalue weighted by atomic mass is 15.0. The molecule has 26 heavy (non-hydrogen) atoms. The van der Waals surface area contributed by atoms with Crippen molar-refractivity contribution in [2.75, 3.05) is 0 Å². The molecule has 0 fully saturated rings. The SMILES string of the molecule is [C-]#[N+]c1ccc(-c2c([N+]#[C-])c(C)n(Cc3ccc(CN)cc3)c2C)cc1. The number of nitrogens with two attached hydrogens (primary N) is 1. The molecular weight excluding hydrogens is 320 g/mol. The highest BCUT2D eigenvalue weighted by Gasteiger charge is 2.19. The minimum atomic E-state index is 0.536. The largest absolute Gasteiger partial charge is 0.355 e. The molecule has 0 atom stereocenters. The van der Waals surface area contributed by atoms with Gasteiger partial charge in [0.1, 0.15) is 0 Å². The second-order valence-corrected chi connectivity index (χ2v) is 6.27. The van der Waals surface area contributed by atoms with Gasteiger partial charge in [0.05, 0.1) is 13.1 Å². The zero-order valence-corrected chi connectivity index (χ0v) is 15.0. The molecule has 4 nitrogen and oxygen atoms in total. The van der Waals surface area contributed by atoms with Crippen LogP contribution in [0.1, 0.15) is 22.5 Å². The van der Waals surface area contributed by atoms with Crippen LogP contribution in [0.5, 0.6) is 0 Å². The van der Waals surface area contributed by atoms with E-state index in [1.54, 1.807) is 12.1 Å². The Hall–Kier alpha value is -3.34. The van der Waals surface area contributed by atoms with Crippen LogP contribution in [0.25, 0.3) is 20.8 Å². The molecule has 0 aliphatic rings. The first-order valence-corrected chi connectivity index (χ1v) is 8.42. The van der Waals surface area contributed by atoms with Crippen LogP contribution in [-0.2, 0) is 13.1 Å². The highest BCUT2D eigenvalue weighted by molar-refractivity contribution is 5.84. The quantitative estimate of drug-likeness (QED) is 0.636. The first-order chi connectivity index (χ1) is 12.6. The van der Waals surface area contributed by atoms with Crippen LogP contribution in [0, 0.1) is 27.0 Å². The molecule has 0 saturated carbocycles. The van der Waals surface area contributed by atoms with Crippen LogP contribution in [0.2, 0.25) is 0 Å². The Morgan fingerprint density at radius 2 is 1.46 bits per heavy atom. The monoisotopic (exact) mass is 340 g/mol. The fourth-order valence-corrected chi connectivity index (χ4v) is 3.25. The van der Waals surface area contributed by atoms with Gasteiger partial charge in [-0.05, 0) is 30.5 Å². The Labute approximate surface area is 154 Å². The molecule has 0 bridgehead atoms. The van der Waals surface area contributed by atoms with Crippen molar-refractivity contribution < 1.29 is 0 Å².